The maximum atomic E-state index is 11.8. The molecule has 0 radical (unpaired) electrons. The number of rotatable bonds is 3. The first-order valence-corrected chi connectivity index (χ1v) is 4.42. The lowest BCUT2D eigenvalue weighted by molar-refractivity contribution is 0.0952. The van der Waals surface area contributed by atoms with Gasteiger partial charge in [0.1, 0.15) is 6.67 Å². The Morgan fingerprint density at radius 1 is 1.57 bits per heavy atom. The third kappa shape index (κ3) is 2.35. The molecule has 0 bridgehead atoms. The second kappa shape index (κ2) is 4.81. The van der Waals surface area contributed by atoms with Gasteiger partial charge in [-0.2, -0.15) is 0 Å². The quantitative estimate of drug-likeness (QED) is 0.755. The number of alkyl halides is 1. The van der Waals surface area contributed by atoms with Gasteiger partial charge in [0.2, 0.25) is 0 Å². The molecule has 5 heteroatoms. The molecule has 0 spiro atoms. The Balaban J connectivity index is 2.89. The first kappa shape index (κ1) is 10.8. The lowest BCUT2D eigenvalue weighted by Gasteiger charge is -2.07. The van der Waals surface area contributed by atoms with Crippen molar-refractivity contribution in [3.8, 4) is 0 Å². The zero-order valence-electron chi connectivity index (χ0n) is 7.39. The van der Waals surface area contributed by atoms with Crippen LogP contribution >= 0.6 is 11.6 Å². The van der Waals surface area contributed by atoms with Crippen LogP contribution in [0.15, 0.2) is 18.2 Å². The third-order valence-corrected chi connectivity index (χ3v) is 1.97. The average molecular weight is 217 g/mol. The second-order valence-electron chi connectivity index (χ2n) is 2.65. The van der Waals surface area contributed by atoms with Crippen molar-refractivity contribution in [1.82, 2.24) is 5.32 Å². The zero-order chi connectivity index (χ0) is 10.6. The summed E-state index contributed by atoms with van der Waals surface area (Å²) in [7, 11) is 0. The van der Waals surface area contributed by atoms with E-state index in [0.29, 0.717) is 0 Å². The minimum Gasteiger partial charge on any atom is -0.398 e. The molecule has 1 rings (SSSR count). The summed E-state index contributed by atoms with van der Waals surface area (Å²) in [6.07, 6.45) is 0. The van der Waals surface area contributed by atoms with Crippen LogP contribution in [0.3, 0.4) is 0 Å². The molecule has 1 aromatic carbocycles. The van der Waals surface area contributed by atoms with Gasteiger partial charge in [-0.05, 0) is 12.1 Å². The molecule has 0 aromatic heterocycles. The normalized spacial score (nSPS) is 9.86. The molecule has 0 fully saturated rings. The van der Waals surface area contributed by atoms with E-state index in [1.54, 1.807) is 18.2 Å². The van der Waals surface area contributed by atoms with Crippen molar-refractivity contribution in [2.45, 2.75) is 0 Å². The molecule has 0 saturated heterocycles. The minimum absolute atomic E-state index is 0.0382. The number of benzene rings is 1. The summed E-state index contributed by atoms with van der Waals surface area (Å²) in [5.41, 5.74) is 6.04. The van der Waals surface area contributed by atoms with E-state index < -0.39 is 12.6 Å². The summed E-state index contributed by atoms with van der Waals surface area (Å²) in [5.74, 6) is -0.453. The number of nitrogens with one attached hydrogen (secondary N) is 1. The summed E-state index contributed by atoms with van der Waals surface area (Å²) in [6, 6.07) is 4.77. The van der Waals surface area contributed by atoms with Crippen LogP contribution in [-0.2, 0) is 0 Å². The summed E-state index contributed by atoms with van der Waals surface area (Å²) >= 11 is 5.77. The SMILES string of the molecule is Nc1cccc(Cl)c1C(=O)NCCF. The molecule has 1 aromatic rings. The molecule has 76 valence electrons. The molecule has 0 aliphatic heterocycles. The van der Waals surface area contributed by atoms with Crippen LogP contribution in [0.4, 0.5) is 10.1 Å². The molecule has 0 aliphatic carbocycles. The van der Waals surface area contributed by atoms with E-state index in [2.05, 4.69) is 5.32 Å². The Kier molecular flexibility index (Phi) is 3.71. The Hall–Kier alpha value is -1.29. The van der Waals surface area contributed by atoms with Crippen LogP contribution in [-0.4, -0.2) is 19.1 Å². The first-order chi connectivity index (χ1) is 6.66. The fourth-order valence-electron chi connectivity index (χ4n) is 1.03. The van der Waals surface area contributed by atoms with Gasteiger partial charge in [-0.25, -0.2) is 4.39 Å². The lowest BCUT2D eigenvalue weighted by Crippen LogP contribution is -2.26. The fraction of sp³-hybridized carbons (Fsp3) is 0.222. The van der Waals surface area contributed by atoms with Gasteiger partial charge in [-0.1, -0.05) is 17.7 Å². The van der Waals surface area contributed by atoms with Crippen molar-refractivity contribution in [2.75, 3.05) is 19.0 Å². The highest BCUT2D eigenvalue weighted by Gasteiger charge is 2.12. The van der Waals surface area contributed by atoms with Crippen molar-refractivity contribution >= 4 is 23.2 Å². The number of anilines is 1. The van der Waals surface area contributed by atoms with E-state index in [-0.39, 0.29) is 22.8 Å². The summed E-state index contributed by atoms with van der Waals surface area (Å²) < 4.78 is 11.8. The van der Waals surface area contributed by atoms with Gasteiger partial charge < -0.3 is 11.1 Å². The predicted octanol–water partition coefficient (Wildman–Crippen LogP) is 1.62. The highest BCUT2D eigenvalue weighted by Crippen LogP contribution is 2.21. The molecule has 0 heterocycles. The van der Waals surface area contributed by atoms with E-state index >= 15 is 0 Å². The molecule has 1 amide bonds. The largest absolute Gasteiger partial charge is 0.398 e. The topological polar surface area (TPSA) is 55.1 Å². The first-order valence-electron chi connectivity index (χ1n) is 4.05. The van der Waals surface area contributed by atoms with Crippen molar-refractivity contribution < 1.29 is 9.18 Å². The molecule has 3 N–H and O–H groups in total. The predicted molar refractivity (Wildman–Crippen MR) is 54.2 cm³/mol. The van der Waals surface area contributed by atoms with Gasteiger partial charge in [0, 0.05) is 12.2 Å². The van der Waals surface area contributed by atoms with Crippen molar-refractivity contribution in [1.29, 1.82) is 0 Å². The molecular formula is C9H10ClFN2O. The smallest absolute Gasteiger partial charge is 0.254 e. The van der Waals surface area contributed by atoms with Crippen molar-refractivity contribution in [2.24, 2.45) is 0 Å². The molecule has 0 unspecified atom stereocenters. The average Bonchev–Trinajstić information content (AvgIpc) is 2.14. The molecule has 0 atom stereocenters. The molecule has 3 nitrogen and oxygen atoms in total. The maximum Gasteiger partial charge on any atom is 0.254 e. The van der Waals surface area contributed by atoms with Crippen LogP contribution in [0.1, 0.15) is 10.4 Å². The Morgan fingerprint density at radius 2 is 2.29 bits per heavy atom. The Labute approximate surface area is 86.0 Å². The van der Waals surface area contributed by atoms with Gasteiger partial charge in [0.05, 0.1) is 10.6 Å². The van der Waals surface area contributed by atoms with E-state index in [1.165, 1.54) is 0 Å². The fourth-order valence-corrected chi connectivity index (χ4v) is 1.30. The van der Waals surface area contributed by atoms with Crippen molar-refractivity contribution in [3.63, 3.8) is 0 Å². The van der Waals surface area contributed by atoms with Crippen LogP contribution in [0, 0.1) is 0 Å². The maximum absolute atomic E-state index is 11.8. The molecule has 0 aliphatic rings. The van der Waals surface area contributed by atoms with Crippen LogP contribution in [0.25, 0.3) is 0 Å². The minimum atomic E-state index is -0.615. The number of nitrogens with two attached hydrogens (primary N) is 1. The third-order valence-electron chi connectivity index (χ3n) is 1.65. The van der Waals surface area contributed by atoms with E-state index in [4.69, 9.17) is 17.3 Å². The number of halogens is 2. The van der Waals surface area contributed by atoms with Gasteiger partial charge in [-0.3, -0.25) is 4.79 Å². The van der Waals surface area contributed by atoms with Crippen LogP contribution in [0.2, 0.25) is 5.02 Å². The number of hydrogen-bond acceptors (Lipinski definition) is 2. The van der Waals surface area contributed by atoms with E-state index in [0.717, 1.165) is 0 Å². The van der Waals surface area contributed by atoms with E-state index in [1.807, 2.05) is 0 Å². The van der Waals surface area contributed by atoms with Gasteiger partial charge in [0.15, 0.2) is 0 Å². The molecular weight excluding hydrogens is 207 g/mol. The molecule has 14 heavy (non-hydrogen) atoms. The number of carbonyl (C=O) groups excluding carboxylic acids is 1. The van der Waals surface area contributed by atoms with Gasteiger partial charge >= 0.3 is 0 Å². The standard InChI is InChI=1S/C9H10ClFN2O/c10-6-2-1-3-7(12)8(6)9(14)13-5-4-11/h1-3H,4-5,12H2,(H,13,14). The highest BCUT2D eigenvalue weighted by atomic mass is 35.5. The van der Waals surface area contributed by atoms with Gasteiger partial charge in [-0.15, -0.1) is 0 Å². The summed E-state index contributed by atoms with van der Waals surface area (Å²) in [4.78, 5) is 11.4. The summed E-state index contributed by atoms with van der Waals surface area (Å²) in [5, 5.41) is 2.62. The van der Waals surface area contributed by atoms with Gasteiger partial charge in [0.25, 0.3) is 5.91 Å². The van der Waals surface area contributed by atoms with E-state index in [9.17, 15) is 9.18 Å². The highest BCUT2D eigenvalue weighted by molar-refractivity contribution is 6.34. The number of amides is 1. The zero-order valence-corrected chi connectivity index (χ0v) is 8.14. The number of carbonyl (C=O) groups is 1. The Bertz CT molecular complexity index is 323. The number of nitrogen functional groups attached to an aromatic ring is 1. The lowest BCUT2D eigenvalue weighted by atomic mass is 10.1. The summed E-state index contributed by atoms with van der Waals surface area (Å²) in [6.45, 7) is -0.653. The molecule has 0 saturated carbocycles. The monoisotopic (exact) mass is 216 g/mol. The second-order valence-corrected chi connectivity index (χ2v) is 3.06. The van der Waals surface area contributed by atoms with Crippen LogP contribution in [0.5, 0.6) is 0 Å². The van der Waals surface area contributed by atoms with Crippen molar-refractivity contribution in [3.05, 3.63) is 28.8 Å². The Morgan fingerprint density at radius 3 is 2.86 bits per heavy atom. The van der Waals surface area contributed by atoms with Crippen LogP contribution < -0.4 is 11.1 Å². The number of hydrogen-bond donors (Lipinski definition) is 2.